The van der Waals surface area contributed by atoms with Crippen molar-refractivity contribution in [1.29, 1.82) is 0 Å². The van der Waals surface area contributed by atoms with E-state index in [1.54, 1.807) is 0 Å². The van der Waals surface area contributed by atoms with Crippen LogP contribution in [0, 0.1) is 0 Å². The van der Waals surface area contributed by atoms with E-state index in [4.69, 9.17) is 148 Å². The molecule has 0 saturated carbocycles. The lowest BCUT2D eigenvalue weighted by molar-refractivity contribution is -0.388. The van der Waals surface area contributed by atoms with Gasteiger partial charge in [0.05, 0.1) is 85.9 Å². The fourth-order valence-corrected chi connectivity index (χ4v) is 14.3. The minimum atomic E-state index is -2.43. The van der Waals surface area contributed by atoms with E-state index < -0.39 is 435 Å². The largest absolute Gasteiger partial charge is 0.412 e. The second-order valence-electron chi connectivity index (χ2n) is 32.7. The summed E-state index contributed by atoms with van der Waals surface area (Å²) in [5.41, 5.74) is 0. The Morgan fingerprint density at radius 3 is 0.676 bits per heavy atom. The minimum Gasteiger partial charge on any atom is -0.412 e. The van der Waals surface area contributed by atoms with E-state index in [2.05, 4.69) is 4.74 Å². The van der Waals surface area contributed by atoms with E-state index in [9.17, 15) is 178 Å². The van der Waals surface area contributed by atoms with E-state index in [0.29, 0.717) is 0 Å². The smallest absolute Gasteiger partial charge is 0.224 e. The summed E-state index contributed by atoms with van der Waals surface area (Å²) in [5.74, 6) is -6.95. The summed E-state index contributed by atoms with van der Waals surface area (Å²) >= 11 is 0. The monoisotopic (exact) mass is 2120 g/mol. The molecule has 10 fully saturated rings. The molecule has 10 heterocycles. The van der Waals surface area contributed by atoms with Crippen LogP contribution in [0.4, 0.5) is 0 Å². The van der Waals surface area contributed by atoms with Gasteiger partial charge in [0.15, 0.2) is 56.6 Å². The van der Waals surface area contributed by atoms with Gasteiger partial charge in [-0.25, -0.2) is 0 Å². The van der Waals surface area contributed by atoms with Crippen LogP contribution in [0.5, 0.6) is 0 Å². The van der Waals surface area contributed by atoms with Gasteiger partial charge in [0.2, 0.25) is 17.4 Å². The molecule has 0 bridgehead atoms. The second-order valence-corrected chi connectivity index (χ2v) is 32.7. The minimum absolute atomic E-state index is 0. The highest BCUT2D eigenvalue weighted by Crippen LogP contribution is 2.40. The maximum Gasteiger partial charge on any atom is 0.224 e. The Balaban J connectivity index is 0.000000917. The summed E-state index contributed by atoms with van der Waals surface area (Å²) in [5, 5.41) is 458. The van der Waals surface area contributed by atoms with Crippen molar-refractivity contribution in [3.05, 3.63) is 0 Å². The van der Waals surface area contributed by atoms with E-state index in [1.807, 2.05) is 0 Å². The van der Waals surface area contributed by atoms with Crippen molar-refractivity contribution in [2.24, 2.45) is 0 Å². The van der Waals surface area contributed by atoms with Crippen molar-refractivity contribution in [2.45, 2.75) is 336 Å². The number of carbonyl (C=O) groups is 2. The number of hydrogen-bond acceptors (Lipinski definition) is 66. The van der Waals surface area contributed by atoms with Gasteiger partial charge < -0.3 is 352 Å². The Kier molecular flexibility index (Phi) is 59.6. The number of carbonyl (C=O) groups excluding carboxylic acids is 2. The van der Waals surface area contributed by atoms with Gasteiger partial charge in [0.25, 0.3) is 0 Å². The average molecular weight is 2130 g/mol. The SMILES string of the molecule is O.O.O.O.O=C[C@H](O)[C@@H](O)[C@@H](O)[C@H](O)CO.O=C[C@H](O)[C@@H](O)[C@H](O)[C@H](O)CO.OC[C@H]1O[C@H](OC[C@H]2O[C@@H](O)[C@H](O)[C@@H](O)[C@@H]2O)[C@H](O)[C@@H](O)[C@H]1O.OC[C@H]1O[C@H](OC[C@H]2O[C@H](OC[C@H]3O[C@H](O[C@]4(CO)O[C@H](CO)[C@@H](O)[C@@H]4O)[C@H](O)[C@@H](O)[C@@H]3O)[C@H](O)[C@@H](O)[C@H]2O)[C@H](O)[C@@H](O)[C@H]1O.OC[C@H]1O[C@H](OC[C@H]2O[C@H](O[C@]3(CO)O[C@H](CO)[C@@H](O)[C@@H]3O)[C@H](O)[C@@H](O)[C@@H]2O)[C@H](O)[C@@H](O)[C@H]1O.OC[C@H]1O[C@](O)(CO)[C@@H](O)[C@@H]1O. The zero-order valence-corrected chi connectivity index (χ0v) is 74.1. The van der Waals surface area contributed by atoms with Gasteiger partial charge in [-0.15, -0.1) is 0 Å². The third-order valence-electron chi connectivity index (χ3n) is 23.2. The third kappa shape index (κ3) is 32.8. The summed E-state index contributed by atoms with van der Waals surface area (Å²) in [6, 6.07) is 0. The predicted octanol–water partition coefficient (Wildman–Crippen LogP) is -36.0. The van der Waals surface area contributed by atoms with Crippen molar-refractivity contribution in [3.63, 3.8) is 0 Å². The Labute approximate surface area is 798 Å². The van der Waals surface area contributed by atoms with Gasteiger partial charge in [-0.05, 0) is 0 Å². The summed E-state index contributed by atoms with van der Waals surface area (Å²) in [6.07, 6.45) is -86.1. The molecule has 10 rings (SSSR count). The van der Waals surface area contributed by atoms with Crippen molar-refractivity contribution in [3.8, 4) is 0 Å². The first-order chi connectivity index (χ1) is 64.6. The Morgan fingerprint density at radius 2 is 0.458 bits per heavy atom. The summed E-state index contributed by atoms with van der Waals surface area (Å²) in [7, 11) is 0. The second kappa shape index (κ2) is 62.0. The first-order valence-corrected chi connectivity index (χ1v) is 41.9. The molecule has 848 valence electrons. The van der Waals surface area contributed by atoms with Crippen LogP contribution in [0.3, 0.4) is 0 Å². The lowest BCUT2D eigenvalue weighted by Gasteiger charge is -2.45. The summed E-state index contributed by atoms with van der Waals surface area (Å²) in [6.45, 7) is -11.1. The highest BCUT2D eigenvalue weighted by molar-refractivity contribution is 5.57. The number of rotatable bonds is 35. The summed E-state index contributed by atoms with van der Waals surface area (Å²) in [4.78, 5) is 19.8. The quantitative estimate of drug-likeness (QED) is 0.0262. The van der Waals surface area contributed by atoms with Gasteiger partial charge in [-0.2, -0.15) is 0 Å². The van der Waals surface area contributed by atoms with Crippen LogP contribution < -0.4 is 0 Å². The molecule has 0 aromatic carbocycles. The van der Waals surface area contributed by atoms with Crippen LogP contribution in [0.2, 0.25) is 0 Å². The standard InChI is InChI=1S/C24H42O21.C18H32O16.C12H22O11.3C6H12O6.4H2O/c25-1-6-10(28)14(32)17(35)21(41-6)39-3-8-11(29)15(33)18(36)22(42-8)40-4-9-12(30)16(34)19(37)23(43-9)45-24(5-27)20(38)13(31)7(2-26)44-24;19-1-5-8(22)11(25)13(27)16(31-5)30-3-7-9(23)12(26)14(28)17(32-7)34-18(4-21)15(29)10(24)6(2-20)33-18;13-1-3-5(14)8(17)10(19)12(23-3)21-2-4-6(15)7(16)9(18)11(20)22-4;7-1-3-4(9)5(10)6(11,2-8)12-3;2*7-1-3(9)5(11)6(12)4(10)2-8;;;;/h6-23,25-38H,1-5H2;5-17,19-29H,1-4H2;3-20H,1-2H2;3-5,7-11H,1-2H2;2*1,3-6,8-12H,2H2;4*1H2/t6-,7-,8-,9-,10+,11+,12-,13-,14+,15+,16+,17-,18-,19-,20+,21+,22+,23-,24+;5-,6-,7-,8+,9-,10-,11+,12+,13-,14-,15+,16+,17-,18+;3-,4-,5+,6-,7+,8+,9-,10-,11-,12+;3-,4-,5+,6-;3-,4+,5+,6+;3-,4+,5+,6-;;;;/m111100..../s1. The molecule has 56 N–H and O–H groups in total. The first-order valence-electron chi connectivity index (χ1n) is 41.9. The van der Waals surface area contributed by atoms with Crippen molar-refractivity contribution in [1.82, 2.24) is 0 Å². The third-order valence-corrected chi connectivity index (χ3v) is 23.2. The molecule has 0 radical (unpaired) electrons. The van der Waals surface area contributed by atoms with Crippen molar-refractivity contribution in [2.75, 3.05) is 99.1 Å². The number of aliphatic hydroxyl groups is 48. The molecule has 0 spiro atoms. The van der Waals surface area contributed by atoms with Crippen LogP contribution in [0.15, 0.2) is 0 Å². The fourth-order valence-electron chi connectivity index (χ4n) is 14.3. The number of ether oxygens (including phenoxy) is 16. The fraction of sp³-hybridized carbons (Fsp3) is 0.972. The molecular weight excluding hydrogens is 1980 g/mol. The van der Waals surface area contributed by atoms with Crippen molar-refractivity contribution >= 4 is 12.6 Å². The van der Waals surface area contributed by atoms with Gasteiger partial charge in [0.1, 0.15) is 288 Å². The zero-order valence-electron chi connectivity index (χ0n) is 74.1. The molecule has 55 atom stereocenters. The first kappa shape index (κ1) is 137. The van der Waals surface area contributed by atoms with E-state index in [-0.39, 0.29) is 34.5 Å². The number of aliphatic hydroxyl groups excluding tert-OH is 47. The normalized spacial score (nSPS) is 45.2. The average Bonchev–Trinajstić information content (AvgIpc) is 1.61. The molecule has 10 aliphatic heterocycles. The molecule has 0 amide bonds. The van der Waals surface area contributed by atoms with E-state index >= 15 is 0 Å². The maximum atomic E-state index is 10.5. The van der Waals surface area contributed by atoms with Crippen LogP contribution in [0.1, 0.15) is 0 Å². The molecule has 0 aromatic rings. The lowest BCUT2D eigenvalue weighted by atomic mass is 9.98. The molecule has 0 unspecified atom stereocenters. The molecule has 10 saturated heterocycles. The van der Waals surface area contributed by atoms with Crippen molar-refractivity contribution < 1.29 is 352 Å². The van der Waals surface area contributed by atoms with Crippen LogP contribution in [-0.2, 0) is 85.4 Å². The van der Waals surface area contributed by atoms with Gasteiger partial charge >= 0.3 is 0 Å². The molecular formula is C72H140O70. The topological polar surface area (TPSA) is 1280 Å². The molecule has 0 aromatic heterocycles. The highest BCUT2D eigenvalue weighted by Gasteiger charge is 2.62. The van der Waals surface area contributed by atoms with E-state index in [0.717, 1.165) is 0 Å². The van der Waals surface area contributed by atoms with Crippen LogP contribution >= 0.6 is 0 Å². The molecule has 142 heavy (non-hydrogen) atoms. The van der Waals surface area contributed by atoms with Gasteiger partial charge in [0, 0.05) is 0 Å². The van der Waals surface area contributed by atoms with Crippen LogP contribution in [0.25, 0.3) is 0 Å². The van der Waals surface area contributed by atoms with Crippen LogP contribution in [-0.4, -0.2) is 715 Å². The van der Waals surface area contributed by atoms with Gasteiger partial charge in [-0.3, -0.25) is 0 Å². The number of aldehydes is 2. The zero-order chi connectivity index (χ0) is 105. The molecule has 70 heteroatoms. The van der Waals surface area contributed by atoms with Gasteiger partial charge in [-0.1, -0.05) is 0 Å². The Bertz CT molecular complexity index is 3360. The Hall–Kier alpha value is -3.38. The Morgan fingerprint density at radius 1 is 0.239 bits per heavy atom. The van der Waals surface area contributed by atoms with E-state index in [1.165, 1.54) is 0 Å². The molecule has 70 nitrogen and oxygen atoms in total. The summed E-state index contributed by atoms with van der Waals surface area (Å²) < 4.78 is 83.8. The molecule has 10 aliphatic rings. The lowest BCUT2D eigenvalue weighted by Crippen LogP contribution is -2.64. The molecule has 0 aliphatic carbocycles. The maximum absolute atomic E-state index is 10.5. The number of hydrogen-bond donors (Lipinski definition) is 48. The highest BCUT2D eigenvalue weighted by atomic mass is 16.8. The predicted molar refractivity (Wildman–Crippen MR) is 429 cm³/mol.